The highest BCUT2D eigenvalue weighted by Gasteiger charge is 2.36. The van der Waals surface area contributed by atoms with E-state index in [2.05, 4.69) is 48.1 Å². The molecule has 0 aliphatic carbocycles. The molecule has 2 N–H and O–H groups in total. The molecule has 20 heavy (non-hydrogen) atoms. The predicted octanol–water partition coefficient (Wildman–Crippen LogP) is 4.35. The summed E-state index contributed by atoms with van der Waals surface area (Å²) in [4.78, 5) is 3.26. The number of hydrogen-bond acceptors (Lipinski definition) is 1. The summed E-state index contributed by atoms with van der Waals surface area (Å²) in [5.41, 5.74) is 4.09. The molecule has 0 unspecified atom stereocenters. The molecule has 1 saturated heterocycles. The smallest absolute Gasteiger partial charge is 0.0454 e. The van der Waals surface area contributed by atoms with Crippen molar-refractivity contribution in [2.75, 3.05) is 13.1 Å². The lowest BCUT2D eigenvalue weighted by Crippen LogP contribution is -2.25. The van der Waals surface area contributed by atoms with Crippen LogP contribution >= 0.6 is 0 Å². The van der Waals surface area contributed by atoms with Crippen LogP contribution in [0, 0.1) is 5.41 Å². The molecule has 2 nitrogen and oxygen atoms in total. The number of rotatable bonds is 5. The largest absolute Gasteiger partial charge is 0.361 e. The van der Waals surface area contributed by atoms with Crippen LogP contribution in [-0.2, 0) is 0 Å². The van der Waals surface area contributed by atoms with Crippen LogP contribution in [0.2, 0.25) is 0 Å². The molecular weight excluding hydrogens is 244 g/mol. The minimum Gasteiger partial charge on any atom is -0.361 e. The number of nitrogens with one attached hydrogen (secondary N) is 2. The average Bonchev–Trinajstić information content (AvgIpc) is 3.13. The quantitative estimate of drug-likeness (QED) is 0.829. The molecule has 1 aliphatic rings. The Morgan fingerprint density at radius 2 is 2.25 bits per heavy atom. The monoisotopic (exact) mass is 268 g/mol. The summed E-state index contributed by atoms with van der Waals surface area (Å²) in [5, 5.41) is 4.82. The second kappa shape index (κ2) is 5.45. The van der Waals surface area contributed by atoms with Gasteiger partial charge in [0, 0.05) is 23.7 Å². The van der Waals surface area contributed by atoms with E-state index in [9.17, 15) is 0 Å². The van der Waals surface area contributed by atoms with Crippen LogP contribution in [0.15, 0.2) is 37.0 Å². The highest BCUT2D eigenvalue weighted by atomic mass is 14.9. The van der Waals surface area contributed by atoms with Crippen molar-refractivity contribution in [1.29, 1.82) is 0 Å². The zero-order chi connectivity index (χ0) is 14.0. The Hall–Kier alpha value is -1.54. The van der Waals surface area contributed by atoms with Gasteiger partial charge in [-0.3, -0.25) is 0 Å². The van der Waals surface area contributed by atoms with E-state index in [0.29, 0.717) is 0 Å². The minimum absolute atomic E-state index is 0.264. The third-order valence-corrected chi connectivity index (χ3v) is 4.79. The van der Waals surface area contributed by atoms with E-state index in [1.807, 2.05) is 6.20 Å². The third-order valence-electron chi connectivity index (χ3n) is 4.79. The van der Waals surface area contributed by atoms with Gasteiger partial charge in [-0.15, -0.1) is 0 Å². The Kier molecular flexibility index (Phi) is 3.66. The molecule has 1 aromatic heterocycles. The molecule has 0 radical (unpaired) electrons. The van der Waals surface area contributed by atoms with Gasteiger partial charge in [0.1, 0.15) is 0 Å². The maximum atomic E-state index is 4.47. The SMILES string of the molecule is C=C(c1ccc2[nH]ccc2c1)[C@]1(CCCC)CCNC1. The van der Waals surface area contributed by atoms with Crippen LogP contribution in [-0.4, -0.2) is 18.1 Å². The lowest BCUT2D eigenvalue weighted by molar-refractivity contribution is 0.393. The van der Waals surface area contributed by atoms with Crippen molar-refractivity contribution in [1.82, 2.24) is 10.3 Å². The summed E-state index contributed by atoms with van der Waals surface area (Å²) in [6.07, 6.45) is 7.01. The number of hydrogen-bond donors (Lipinski definition) is 2. The van der Waals surface area contributed by atoms with Crippen molar-refractivity contribution in [2.24, 2.45) is 5.41 Å². The van der Waals surface area contributed by atoms with Gasteiger partial charge < -0.3 is 10.3 Å². The molecule has 1 atom stereocenters. The molecule has 3 rings (SSSR count). The topological polar surface area (TPSA) is 27.8 Å². The maximum Gasteiger partial charge on any atom is 0.0454 e. The van der Waals surface area contributed by atoms with Gasteiger partial charge in [-0.25, -0.2) is 0 Å². The van der Waals surface area contributed by atoms with E-state index in [1.54, 1.807) is 0 Å². The molecule has 2 aromatic rings. The number of aromatic amines is 1. The number of benzene rings is 1. The normalized spacial score (nSPS) is 22.4. The van der Waals surface area contributed by atoms with Gasteiger partial charge in [-0.05, 0) is 54.1 Å². The van der Waals surface area contributed by atoms with Crippen molar-refractivity contribution in [3.05, 3.63) is 42.6 Å². The van der Waals surface area contributed by atoms with Crippen molar-refractivity contribution < 1.29 is 0 Å². The Balaban J connectivity index is 1.92. The van der Waals surface area contributed by atoms with Crippen LogP contribution in [0.25, 0.3) is 16.5 Å². The zero-order valence-corrected chi connectivity index (χ0v) is 12.3. The molecule has 0 saturated carbocycles. The third kappa shape index (κ3) is 2.29. The van der Waals surface area contributed by atoms with Crippen LogP contribution in [0.3, 0.4) is 0 Å². The van der Waals surface area contributed by atoms with Gasteiger partial charge in [-0.2, -0.15) is 0 Å². The Morgan fingerprint density at radius 3 is 3.00 bits per heavy atom. The summed E-state index contributed by atoms with van der Waals surface area (Å²) in [5.74, 6) is 0. The molecule has 2 heterocycles. The van der Waals surface area contributed by atoms with Crippen LogP contribution in [0.4, 0.5) is 0 Å². The van der Waals surface area contributed by atoms with Crippen molar-refractivity contribution in [3.8, 4) is 0 Å². The number of fused-ring (bicyclic) bond motifs is 1. The van der Waals surface area contributed by atoms with E-state index < -0.39 is 0 Å². The summed E-state index contributed by atoms with van der Waals surface area (Å²) in [7, 11) is 0. The average molecular weight is 268 g/mol. The lowest BCUT2D eigenvalue weighted by atomic mass is 9.73. The first-order chi connectivity index (χ1) is 9.75. The summed E-state index contributed by atoms with van der Waals surface area (Å²) in [6, 6.07) is 8.80. The second-order valence-electron chi connectivity index (χ2n) is 6.07. The van der Waals surface area contributed by atoms with Crippen molar-refractivity contribution in [3.63, 3.8) is 0 Å². The van der Waals surface area contributed by atoms with Crippen molar-refractivity contribution in [2.45, 2.75) is 32.6 Å². The highest BCUT2D eigenvalue weighted by molar-refractivity contribution is 5.84. The molecule has 2 heteroatoms. The Morgan fingerprint density at radius 1 is 1.35 bits per heavy atom. The van der Waals surface area contributed by atoms with Crippen molar-refractivity contribution >= 4 is 16.5 Å². The molecule has 1 aliphatic heterocycles. The number of H-pyrrole nitrogens is 1. The van der Waals surface area contributed by atoms with E-state index >= 15 is 0 Å². The Bertz CT molecular complexity index is 603. The lowest BCUT2D eigenvalue weighted by Gasteiger charge is -2.31. The van der Waals surface area contributed by atoms with E-state index in [-0.39, 0.29) is 5.41 Å². The predicted molar refractivity (Wildman–Crippen MR) is 86.8 cm³/mol. The fraction of sp³-hybridized carbons (Fsp3) is 0.444. The fourth-order valence-corrected chi connectivity index (χ4v) is 3.43. The van der Waals surface area contributed by atoms with Crippen LogP contribution in [0.5, 0.6) is 0 Å². The first-order valence-electron chi connectivity index (χ1n) is 7.73. The summed E-state index contributed by atoms with van der Waals surface area (Å²) in [6.45, 7) is 8.94. The maximum absolute atomic E-state index is 4.47. The molecule has 0 spiro atoms. The molecule has 106 valence electrons. The molecule has 1 aromatic carbocycles. The molecular formula is C18H24N2. The standard InChI is InChI=1S/C18H24N2/c1-3-4-8-18(9-11-19-13-18)14(2)15-5-6-17-16(12-15)7-10-20-17/h5-7,10,12,19-20H,2-4,8-9,11,13H2,1H3/t18-/m1/s1. The van der Waals surface area contributed by atoms with Gasteiger partial charge in [0.2, 0.25) is 0 Å². The summed E-state index contributed by atoms with van der Waals surface area (Å²) >= 11 is 0. The van der Waals surface area contributed by atoms with Gasteiger partial charge in [-0.1, -0.05) is 32.4 Å². The minimum atomic E-state index is 0.264. The first-order valence-corrected chi connectivity index (χ1v) is 7.73. The van der Waals surface area contributed by atoms with Gasteiger partial charge >= 0.3 is 0 Å². The van der Waals surface area contributed by atoms with E-state index in [0.717, 1.165) is 13.1 Å². The highest BCUT2D eigenvalue weighted by Crippen LogP contribution is 2.43. The molecule has 0 amide bonds. The first kappa shape index (κ1) is 13.4. The van der Waals surface area contributed by atoms with Crippen LogP contribution < -0.4 is 5.32 Å². The van der Waals surface area contributed by atoms with Crippen LogP contribution in [0.1, 0.15) is 38.2 Å². The fourth-order valence-electron chi connectivity index (χ4n) is 3.43. The Labute approximate surface area is 121 Å². The number of aromatic nitrogens is 1. The zero-order valence-electron chi connectivity index (χ0n) is 12.3. The second-order valence-corrected chi connectivity index (χ2v) is 6.07. The van der Waals surface area contributed by atoms with Gasteiger partial charge in [0.25, 0.3) is 0 Å². The summed E-state index contributed by atoms with van der Waals surface area (Å²) < 4.78 is 0. The molecule has 0 bridgehead atoms. The van der Waals surface area contributed by atoms with E-state index in [1.165, 1.54) is 47.7 Å². The number of unbranched alkanes of at least 4 members (excludes halogenated alkanes) is 1. The van der Waals surface area contributed by atoms with E-state index in [4.69, 9.17) is 0 Å². The van der Waals surface area contributed by atoms with Gasteiger partial charge in [0.05, 0.1) is 0 Å². The van der Waals surface area contributed by atoms with Gasteiger partial charge in [0.15, 0.2) is 0 Å². The molecule has 1 fully saturated rings.